The highest BCUT2D eigenvalue weighted by Gasteiger charge is 2.41. The Morgan fingerprint density at radius 1 is 0.386 bits per heavy atom. The van der Waals surface area contributed by atoms with Crippen molar-refractivity contribution < 1.29 is 26.3 Å². The summed E-state index contributed by atoms with van der Waals surface area (Å²) in [5.41, 5.74) is 9.63. The zero-order valence-corrected chi connectivity index (χ0v) is 38.4. The number of benzene rings is 9. The zero-order chi connectivity index (χ0) is 48.8. The van der Waals surface area contributed by atoms with Gasteiger partial charge in [0.1, 0.15) is 0 Å². The molecule has 0 aliphatic carbocycles. The van der Waals surface area contributed by atoms with Gasteiger partial charge in [-0.25, -0.2) is 0 Å². The molecule has 0 saturated carbocycles. The summed E-state index contributed by atoms with van der Waals surface area (Å²) >= 11 is 0. The van der Waals surface area contributed by atoms with Crippen molar-refractivity contribution in [2.24, 2.45) is 0 Å². The number of rotatable bonds is 6. The molecule has 9 heteroatoms. The van der Waals surface area contributed by atoms with Crippen LogP contribution in [-0.4, -0.2) is 9.13 Å². The van der Waals surface area contributed by atoms with Gasteiger partial charge >= 0.3 is 12.4 Å². The van der Waals surface area contributed by atoms with E-state index in [1.165, 1.54) is 12.1 Å². The van der Waals surface area contributed by atoms with E-state index < -0.39 is 29.0 Å². The molecule has 0 amide bonds. The number of halogens is 6. The highest BCUT2D eigenvalue weighted by atomic mass is 19.4. The second kappa shape index (κ2) is 16.4. The van der Waals surface area contributed by atoms with Crippen LogP contribution in [0.3, 0.4) is 0 Å². The fourth-order valence-corrected chi connectivity index (χ4v) is 10.6. The van der Waals surface area contributed by atoms with Crippen molar-refractivity contribution >= 4 is 43.6 Å². The number of hydrogen-bond donors (Lipinski definition) is 0. The summed E-state index contributed by atoms with van der Waals surface area (Å²) in [6, 6.07) is 55.0. The van der Waals surface area contributed by atoms with E-state index in [0.29, 0.717) is 29.1 Å². The third-order valence-corrected chi connectivity index (χ3v) is 13.3. The fraction of sp³-hybridized carbons (Fsp3) is 0.0984. The Balaban J connectivity index is 1.21. The van der Waals surface area contributed by atoms with Crippen molar-refractivity contribution in [1.82, 2.24) is 9.13 Å². The van der Waals surface area contributed by atoms with Gasteiger partial charge in [0, 0.05) is 43.9 Å². The molecular weight excluding hydrogens is 889 g/mol. The summed E-state index contributed by atoms with van der Waals surface area (Å²) in [6.45, 7) is 8.23. The Kier molecular flexibility index (Phi) is 10.4. The van der Waals surface area contributed by atoms with Gasteiger partial charge in [-0.1, -0.05) is 119 Å². The SMILES string of the molecule is Cc1cc(C)cc(-c2ccc3c(c2)c2ccccc2n3-c2ccc(C#N)c(-c3cc(-c4c(C(F)(F)F)cccc4C(F)(F)F)ccc3-n3c4ccccc4c4cc(-c5cc(C)cc(C)c5)ccc43)c2)c1. The summed E-state index contributed by atoms with van der Waals surface area (Å²) in [7, 11) is 0. The number of nitrogens with zero attached hydrogens (tertiary/aromatic N) is 3. The molecule has 9 aromatic carbocycles. The van der Waals surface area contributed by atoms with Crippen molar-refractivity contribution in [3.8, 4) is 62.0 Å². The highest BCUT2D eigenvalue weighted by molar-refractivity contribution is 6.12. The first-order valence-corrected chi connectivity index (χ1v) is 22.8. The van der Waals surface area contributed by atoms with Gasteiger partial charge in [0.25, 0.3) is 0 Å². The molecule has 0 fully saturated rings. The molecule has 0 N–H and O–H groups in total. The van der Waals surface area contributed by atoms with Gasteiger partial charge in [-0.15, -0.1) is 0 Å². The van der Waals surface area contributed by atoms with E-state index in [2.05, 4.69) is 91.2 Å². The summed E-state index contributed by atoms with van der Waals surface area (Å²) < 4.78 is 93.5. The third-order valence-electron chi connectivity index (χ3n) is 13.3. The van der Waals surface area contributed by atoms with Gasteiger partial charge in [-0.05, 0) is 134 Å². The van der Waals surface area contributed by atoms with Crippen LogP contribution in [0.1, 0.15) is 38.9 Å². The smallest absolute Gasteiger partial charge is 0.309 e. The van der Waals surface area contributed by atoms with E-state index in [1.807, 2.05) is 85.1 Å². The predicted molar refractivity (Wildman–Crippen MR) is 271 cm³/mol. The first kappa shape index (κ1) is 44.2. The number of para-hydroxylation sites is 2. The Bertz CT molecular complexity index is 3920. The normalized spacial score (nSPS) is 12.1. The molecule has 11 rings (SSSR count). The van der Waals surface area contributed by atoms with Crippen molar-refractivity contribution in [3.05, 3.63) is 215 Å². The molecule has 2 aromatic heterocycles. The maximum atomic E-state index is 14.9. The lowest BCUT2D eigenvalue weighted by molar-refractivity contribution is -0.142. The topological polar surface area (TPSA) is 33.6 Å². The van der Waals surface area contributed by atoms with Crippen LogP contribution in [0.2, 0.25) is 0 Å². The minimum Gasteiger partial charge on any atom is -0.309 e. The number of aromatic nitrogens is 2. The Labute approximate surface area is 399 Å². The molecular formula is C61H41F6N3. The lowest BCUT2D eigenvalue weighted by Crippen LogP contribution is -2.14. The van der Waals surface area contributed by atoms with Gasteiger partial charge < -0.3 is 9.13 Å². The van der Waals surface area contributed by atoms with Crippen molar-refractivity contribution in [2.45, 2.75) is 40.0 Å². The van der Waals surface area contributed by atoms with Crippen LogP contribution in [0.4, 0.5) is 26.3 Å². The van der Waals surface area contributed by atoms with Gasteiger partial charge in [0.05, 0.1) is 50.5 Å². The molecule has 0 atom stereocenters. The molecule has 342 valence electrons. The predicted octanol–water partition coefficient (Wildman–Crippen LogP) is 17.7. The monoisotopic (exact) mass is 929 g/mol. The second-order valence-electron chi connectivity index (χ2n) is 18.2. The molecule has 0 saturated heterocycles. The first-order chi connectivity index (χ1) is 33.5. The lowest BCUT2D eigenvalue weighted by Gasteiger charge is -2.22. The number of nitriles is 1. The van der Waals surface area contributed by atoms with Crippen LogP contribution in [0.25, 0.3) is 99.5 Å². The van der Waals surface area contributed by atoms with Crippen LogP contribution in [0, 0.1) is 39.0 Å². The minimum atomic E-state index is -5.12. The molecule has 0 radical (unpaired) electrons. The number of hydrogen-bond acceptors (Lipinski definition) is 1. The molecule has 0 aliphatic rings. The summed E-state index contributed by atoms with van der Waals surface area (Å²) in [5.74, 6) is 0. The van der Waals surface area contributed by atoms with E-state index >= 15 is 0 Å². The molecule has 3 nitrogen and oxygen atoms in total. The van der Waals surface area contributed by atoms with E-state index in [4.69, 9.17) is 0 Å². The molecule has 0 aliphatic heterocycles. The van der Waals surface area contributed by atoms with Crippen LogP contribution >= 0.6 is 0 Å². The maximum Gasteiger partial charge on any atom is 0.417 e. The van der Waals surface area contributed by atoms with Crippen LogP contribution in [0.5, 0.6) is 0 Å². The van der Waals surface area contributed by atoms with Crippen molar-refractivity contribution in [3.63, 3.8) is 0 Å². The van der Waals surface area contributed by atoms with Gasteiger partial charge in [0.15, 0.2) is 0 Å². The van der Waals surface area contributed by atoms with E-state index in [1.54, 1.807) is 12.1 Å². The van der Waals surface area contributed by atoms with Gasteiger partial charge in [-0.2, -0.15) is 31.6 Å². The summed E-state index contributed by atoms with van der Waals surface area (Å²) in [5, 5.41) is 14.6. The molecule has 70 heavy (non-hydrogen) atoms. The minimum absolute atomic E-state index is 0.179. The summed E-state index contributed by atoms with van der Waals surface area (Å²) in [6.07, 6.45) is -10.2. The Morgan fingerprint density at radius 2 is 0.857 bits per heavy atom. The molecule has 0 spiro atoms. The van der Waals surface area contributed by atoms with E-state index in [-0.39, 0.29) is 16.7 Å². The zero-order valence-electron chi connectivity index (χ0n) is 38.4. The standard InChI is InChI=1S/C61H41F6N3/c1-35-24-36(2)27-43(26-35)39-17-21-56-49(30-39)46-10-5-7-14-54(46)69(56)45-20-16-42(34-68)48(33-45)51-32-41(59-52(60(62,63)64)12-9-13-53(59)61(65,66)67)19-23-58(51)70-55-15-8-6-11-47(55)50-31-40(18-22-57(50)70)44-28-37(3)25-38(4)29-44/h5-33H,1-4H3. The Morgan fingerprint density at radius 3 is 1.37 bits per heavy atom. The van der Waals surface area contributed by atoms with Crippen molar-refractivity contribution in [2.75, 3.05) is 0 Å². The molecule has 0 bridgehead atoms. The van der Waals surface area contributed by atoms with Crippen LogP contribution in [0.15, 0.2) is 176 Å². The largest absolute Gasteiger partial charge is 0.417 e. The fourth-order valence-electron chi connectivity index (χ4n) is 10.6. The number of fused-ring (bicyclic) bond motifs is 6. The number of alkyl halides is 6. The quantitative estimate of drug-likeness (QED) is 0.153. The number of aryl methyl sites for hydroxylation is 4. The average molecular weight is 930 g/mol. The maximum absolute atomic E-state index is 14.9. The molecule has 11 aromatic rings. The average Bonchev–Trinajstić information content (AvgIpc) is 3.84. The first-order valence-electron chi connectivity index (χ1n) is 22.8. The molecule has 2 heterocycles. The third kappa shape index (κ3) is 7.48. The van der Waals surface area contributed by atoms with Crippen LogP contribution < -0.4 is 0 Å². The van der Waals surface area contributed by atoms with Crippen LogP contribution in [-0.2, 0) is 12.4 Å². The second-order valence-corrected chi connectivity index (χ2v) is 18.2. The highest BCUT2D eigenvalue weighted by Crippen LogP contribution is 2.48. The van der Waals surface area contributed by atoms with E-state index in [0.717, 1.165) is 94.2 Å². The summed E-state index contributed by atoms with van der Waals surface area (Å²) in [4.78, 5) is 0. The van der Waals surface area contributed by atoms with E-state index in [9.17, 15) is 31.6 Å². The Hall–Kier alpha value is -8.35. The van der Waals surface area contributed by atoms with Gasteiger partial charge in [-0.3, -0.25) is 0 Å². The molecule has 0 unspecified atom stereocenters. The van der Waals surface area contributed by atoms with Crippen molar-refractivity contribution in [1.29, 1.82) is 5.26 Å². The van der Waals surface area contributed by atoms with Gasteiger partial charge in [0.2, 0.25) is 0 Å². The lowest BCUT2D eigenvalue weighted by atomic mass is 9.89.